The van der Waals surface area contributed by atoms with Gasteiger partial charge >= 0.3 is 5.97 Å². The highest BCUT2D eigenvalue weighted by molar-refractivity contribution is 6.30. The molecule has 2 aromatic heterocycles. The second-order valence-electron chi connectivity index (χ2n) is 8.21. The molecule has 1 amide bonds. The summed E-state index contributed by atoms with van der Waals surface area (Å²) in [5, 5.41) is 3.91. The zero-order valence-electron chi connectivity index (χ0n) is 17.9. The van der Waals surface area contributed by atoms with Gasteiger partial charge in [-0.15, -0.1) is 0 Å². The van der Waals surface area contributed by atoms with Crippen molar-refractivity contribution in [2.45, 2.75) is 46.4 Å². The number of aryl methyl sites for hydroxylation is 1. The molecule has 2 heterocycles. The Labute approximate surface area is 185 Å². The molecule has 0 spiro atoms. The maximum Gasteiger partial charge on any atom is 0.326 e. The van der Waals surface area contributed by atoms with E-state index in [1.807, 2.05) is 0 Å². The topological polar surface area (TPSA) is 90.3 Å². The standard InChI is InChI=1S/C23H24ClN3O4/c1-14-5-8-16-11-18(21(29)25-12-15-6-9-17(24)10-7-15)22(30)27(20(16)26-14)13-19(28)31-23(2,3)4/h5-11H,12-13H2,1-4H3,(H,25,29). The van der Waals surface area contributed by atoms with Gasteiger partial charge in [-0.2, -0.15) is 0 Å². The van der Waals surface area contributed by atoms with Crippen LogP contribution < -0.4 is 10.9 Å². The van der Waals surface area contributed by atoms with E-state index >= 15 is 0 Å². The highest BCUT2D eigenvalue weighted by Gasteiger charge is 2.21. The van der Waals surface area contributed by atoms with Gasteiger partial charge in [-0.1, -0.05) is 23.7 Å². The third kappa shape index (κ3) is 5.70. The molecule has 0 saturated carbocycles. The predicted molar refractivity (Wildman–Crippen MR) is 119 cm³/mol. The molecule has 7 nitrogen and oxygen atoms in total. The smallest absolute Gasteiger partial charge is 0.326 e. The Kier molecular flexibility index (Phi) is 6.45. The zero-order chi connectivity index (χ0) is 22.8. The Bertz CT molecular complexity index is 1190. The van der Waals surface area contributed by atoms with Crippen LogP contribution in [-0.2, 0) is 22.6 Å². The van der Waals surface area contributed by atoms with Gasteiger partial charge in [-0.25, -0.2) is 4.98 Å². The number of amides is 1. The number of carbonyl (C=O) groups is 2. The third-order valence-corrected chi connectivity index (χ3v) is 4.65. The lowest BCUT2D eigenvalue weighted by Gasteiger charge is -2.20. The number of aromatic nitrogens is 2. The maximum absolute atomic E-state index is 13.1. The van der Waals surface area contributed by atoms with Gasteiger partial charge in [0.1, 0.15) is 23.4 Å². The lowest BCUT2D eigenvalue weighted by molar-refractivity contribution is -0.155. The Morgan fingerprint density at radius 2 is 1.81 bits per heavy atom. The van der Waals surface area contributed by atoms with Crippen LogP contribution in [0.25, 0.3) is 11.0 Å². The first-order valence-corrected chi connectivity index (χ1v) is 10.2. The number of fused-ring (bicyclic) bond motifs is 1. The van der Waals surface area contributed by atoms with Crippen LogP contribution in [0.2, 0.25) is 5.02 Å². The molecule has 0 bridgehead atoms. The molecule has 0 radical (unpaired) electrons. The van der Waals surface area contributed by atoms with Crippen LogP contribution in [0.4, 0.5) is 0 Å². The van der Waals surface area contributed by atoms with Crippen LogP contribution in [-0.4, -0.2) is 27.0 Å². The molecule has 31 heavy (non-hydrogen) atoms. The van der Waals surface area contributed by atoms with Crippen LogP contribution in [0.3, 0.4) is 0 Å². The van der Waals surface area contributed by atoms with Crippen LogP contribution in [0, 0.1) is 6.92 Å². The fourth-order valence-electron chi connectivity index (χ4n) is 3.03. The van der Waals surface area contributed by atoms with Gasteiger partial charge in [0.15, 0.2) is 0 Å². The van der Waals surface area contributed by atoms with Crippen molar-refractivity contribution < 1.29 is 14.3 Å². The summed E-state index contributed by atoms with van der Waals surface area (Å²) in [6.45, 7) is 6.90. The van der Waals surface area contributed by atoms with Crippen molar-refractivity contribution in [3.63, 3.8) is 0 Å². The van der Waals surface area contributed by atoms with Gasteiger partial charge in [0.25, 0.3) is 11.5 Å². The molecule has 0 fully saturated rings. The Balaban J connectivity index is 1.96. The lowest BCUT2D eigenvalue weighted by Crippen LogP contribution is -2.36. The number of halogens is 1. The molecule has 0 aliphatic heterocycles. The molecule has 0 atom stereocenters. The minimum absolute atomic E-state index is 0.0734. The Hall–Kier alpha value is -3.19. The number of ether oxygens (including phenoxy) is 1. The molecule has 0 unspecified atom stereocenters. The van der Waals surface area contributed by atoms with Gasteiger partial charge in [-0.3, -0.25) is 19.0 Å². The van der Waals surface area contributed by atoms with E-state index in [0.29, 0.717) is 21.7 Å². The van der Waals surface area contributed by atoms with Crippen molar-refractivity contribution in [3.8, 4) is 0 Å². The van der Waals surface area contributed by atoms with Crippen molar-refractivity contribution in [1.82, 2.24) is 14.9 Å². The third-order valence-electron chi connectivity index (χ3n) is 4.39. The summed E-state index contributed by atoms with van der Waals surface area (Å²) in [6.07, 6.45) is 0. The van der Waals surface area contributed by atoms with E-state index in [1.165, 1.54) is 10.6 Å². The summed E-state index contributed by atoms with van der Waals surface area (Å²) in [7, 11) is 0. The average molecular weight is 442 g/mol. The summed E-state index contributed by atoms with van der Waals surface area (Å²) in [6, 6.07) is 12.1. The molecule has 162 valence electrons. The van der Waals surface area contributed by atoms with E-state index in [9.17, 15) is 14.4 Å². The molecule has 1 N–H and O–H groups in total. The van der Waals surface area contributed by atoms with Crippen LogP contribution in [0.5, 0.6) is 0 Å². The van der Waals surface area contributed by atoms with Crippen LogP contribution in [0.1, 0.15) is 42.4 Å². The minimum atomic E-state index is -0.701. The summed E-state index contributed by atoms with van der Waals surface area (Å²) >= 11 is 5.88. The molecule has 3 aromatic rings. The first-order chi connectivity index (χ1) is 14.5. The highest BCUT2D eigenvalue weighted by atomic mass is 35.5. The van der Waals surface area contributed by atoms with Crippen molar-refractivity contribution in [2.75, 3.05) is 0 Å². The molecule has 8 heteroatoms. The van der Waals surface area contributed by atoms with Crippen LogP contribution in [0.15, 0.2) is 47.3 Å². The van der Waals surface area contributed by atoms with E-state index in [2.05, 4.69) is 10.3 Å². The first-order valence-electron chi connectivity index (χ1n) is 9.79. The van der Waals surface area contributed by atoms with E-state index in [0.717, 1.165) is 5.56 Å². The largest absolute Gasteiger partial charge is 0.459 e. The maximum atomic E-state index is 13.1. The van der Waals surface area contributed by atoms with Gasteiger partial charge in [0, 0.05) is 22.6 Å². The summed E-state index contributed by atoms with van der Waals surface area (Å²) < 4.78 is 6.54. The number of benzene rings is 1. The second-order valence-corrected chi connectivity index (χ2v) is 8.65. The molecular weight excluding hydrogens is 418 g/mol. The Morgan fingerprint density at radius 3 is 2.45 bits per heavy atom. The fraction of sp³-hybridized carbons (Fsp3) is 0.304. The van der Waals surface area contributed by atoms with Gasteiger partial charge in [-0.05, 0) is 63.6 Å². The van der Waals surface area contributed by atoms with Gasteiger partial charge < -0.3 is 10.1 Å². The van der Waals surface area contributed by atoms with E-state index in [4.69, 9.17) is 16.3 Å². The number of carbonyl (C=O) groups excluding carboxylic acids is 2. The number of nitrogens with zero attached hydrogens (tertiary/aromatic N) is 2. The second kappa shape index (κ2) is 8.89. The number of hydrogen-bond acceptors (Lipinski definition) is 5. The van der Waals surface area contributed by atoms with Crippen molar-refractivity contribution in [1.29, 1.82) is 0 Å². The van der Waals surface area contributed by atoms with E-state index < -0.39 is 23.0 Å². The fourth-order valence-corrected chi connectivity index (χ4v) is 3.16. The molecule has 0 aliphatic carbocycles. The molecule has 1 aromatic carbocycles. The average Bonchev–Trinajstić information content (AvgIpc) is 2.68. The number of esters is 1. The Morgan fingerprint density at radius 1 is 1.13 bits per heavy atom. The van der Waals surface area contributed by atoms with Crippen molar-refractivity contribution in [3.05, 3.63) is 74.7 Å². The number of nitrogens with one attached hydrogen (secondary N) is 1. The zero-order valence-corrected chi connectivity index (χ0v) is 18.6. The highest BCUT2D eigenvalue weighted by Crippen LogP contribution is 2.15. The van der Waals surface area contributed by atoms with E-state index in [-0.39, 0.29) is 18.7 Å². The van der Waals surface area contributed by atoms with Crippen LogP contribution >= 0.6 is 11.6 Å². The monoisotopic (exact) mass is 441 g/mol. The van der Waals surface area contributed by atoms with Gasteiger partial charge in [0.05, 0.1) is 0 Å². The molecule has 3 rings (SSSR count). The predicted octanol–water partition coefficient (Wildman–Crippen LogP) is 3.63. The lowest BCUT2D eigenvalue weighted by atomic mass is 10.1. The quantitative estimate of drug-likeness (QED) is 0.610. The molecule has 0 aliphatic rings. The number of hydrogen-bond donors (Lipinski definition) is 1. The first kappa shape index (κ1) is 22.5. The SMILES string of the molecule is Cc1ccc2cc(C(=O)NCc3ccc(Cl)cc3)c(=O)n(CC(=O)OC(C)(C)C)c2n1. The minimum Gasteiger partial charge on any atom is -0.459 e. The summed E-state index contributed by atoms with van der Waals surface area (Å²) in [5.74, 6) is -1.13. The number of rotatable bonds is 5. The van der Waals surface area contributed by atoms with E-state index in [1.54, 1.807) is 64.1 Å². The van der Waals surface area contributed by atoms with Crippen molar-refractivity contribution >= 4 is 34.5 Å². The summed E-state index contributed by atoms with van der Waals surface area (Å²) in [5.41, 5.74) is 0.466. The normalized spacial score (nSPS) is 11.4. The molecular formula is C23H24ClN3O4. The number of pyridine rings is 2. The van der Waals surface area contributed by atoms with Crippen molar-refractivity contribution in [2.24, 2.45) is 0 Å². The molecule has 0 saturated heterocycles. The summed E-state index contributed by atoms with van der Waals surface area (Å²) in [4.78, 5) is 42.7. The van der Waals surface area contributed by atoms with Gasteiger partial charge in [0.2, 0.25) is 0 Å².